The van der Waals surface area contributed by atoms with Gasteiger partial charge in [-0.2, -0.15) is 0 Å². The van der Waals surface area contributed by atoms with Crippen molar-refractivity contribution in [2.75, 3.05) is 37.4 Å². The third-order valence-corrected chi connectivity index (χ3v) is 2.19. The molecular weight excluding hydrogens is 236 g/mol. The first-order chi connectivity index (χ1) is 8.67. The average Bonchev–Trinajstić information content (AvgIpc) is 2.36. The van der Waals surface area contributed by atoms with Crippen LogP contribution in [-0.2, 0) is 4.74 Å². The Hall–Kier alpha value is -1.89. The molecule has 0 saturated carbocycles. The zero-order chi connectivity index (χ0) is 13.4. The van der Waals surface area contributed by atoms with Gasteiger partial charge < -0.3 is 15.4 Å². The zero-order valence-electron chi connectivity index (χ0n) is 10.6. The number of hydrogen-bond acceptors (Lipinski definition) is 6. The molecule has 1 aromatic heterocycles. The van der Waals surface area contributed by atoms with Crippen molar-refractivity contribution in [2.24, 2.45) is 0 Å². The molecule has 1 aromatic rings. The molecule has 0 unspecified atom stereocenters. The van der Waals surface area contributed by atoms with E-state index < -0.39 is 4.92 Å². The van der Waals surface area contributed by atoms with Crippen molar-refractivity contribution in [1.29, 1.82) is 0 Å². The summed E-state index contributed by atoms with van der Waals surface area (Å²) in [5.74, 6) is 0.978. The Morgan fingerprint density at radius 3 is 2.44 bits per heavy atom. The van der Waals surface area contributed by atoms with Gasteiger partial charge in [0.1, 0.15) is 11.6 Å². The van der Waals surface area contributed by atoms with Gasteiger partial charge in [0.15, 0.2) is 0 Å². The molecule has 0 saturated heterocycles. The number of nitrogens with zero attached hydrogens (tertiary/aromatic N) is 2. The molecule has 0 aliphatic heterocycles. The molecule has 2 N–H and O–H groups in total. The van der Waals surface area contributed by atoms with Gasteiger partial charge in [0.05, 0.1) is 23.7 Å². The van der Waals surface area contributed by atoms with Crippen LogP contribution < -0.4 is 10.6 Å². The van der Waals surface area contributed by atoms with Crippen LogP contribution in [0.25, 0.3) is 0 Å². The second-order valence-corrected chi connectivity index (χ2v) is 3.70. The summed E-state index contributed by atoms with van der Waals surface area (Å²) in [5.41, 5.74) is 0.0171. The van der Waals surface area contributed by atoms with Crippen molar-refractivity contribution in [2.45, 2.75) is 13.3 Å². The van der Waals surface area contributed by atoms with Crippen molar-refractivity contribution in [3.63, 3.8) is 0 Å². The van der Waals surface area contributed by atoms with Gasteiger partial charge in [-0.15, -0.1) is 0 Å². The number of hydrogen-bond donors (Lipinski definition) is 2. The lowest BCUT2D eigenvalue weighted by Gasteiger charge is -2.08. The molecule has 0 fully saturated rings. The number of nitro groups is 1. The molecule has 1 heterocycles. The highest BCUT2D eigenvalue weighted by Crippen LogP contribution is 2.20. The van der Waals surface area contributed by atoms with Crippen LogP contribution in [0.15, 0.2) is 12.1 Å². The van der Waals surface area contributed by atoms with Gasteiger partial charge in [-0.25, -0.2) is 4.98 Å². The number of anilines is 2. The third kappa shape index (κ3) is 4.54. The first-order valence-electron chi connectivity index (χ1n) is 5.80. The Kier molecular flexibility index (Phi) is 5.86. The molecule has 0 amide bonds. The van der Waals surface area contributed by atoms with Crippen molar-refractivity contribution in [3.8, 4) is 0 Å². The molecule has 0 spiro atoms. The first kappa shape index (κ1) is 14.2. The van der Waals surface area contributed by atoms with E-state index in [1.807, 2.05) is 6.92 Å². The third-order valence-electron chi connectivity index (χ3n) is 2.19. The second kappa shape index (κ2) is 7.44. The minimum Gasteiger partial charge on any atom is -0.383 e. The van der Waals surface area contributed by atoms with E-state index in [9.17, 15) is 10.1 Å². The summed E-state index contributed by atoms with van der Waals surface area (Å²) >= 11 is 0. The normalized spacial score (nSPS) is 10.1. The zero-order valence-corrected chi connectivity index (χ0v) is 10.6. The van der Waals surface area contributed by atoms with E-state index >= 15 is 0 Å². The minimum atomic E-state index is -0.430. The lowest BCUT2D eigenvalue weighted by atomic mass is 10.3. The van der Waals surface area contributed by atoms with Gasteiger partial charge >= 0.3 is 0 Å². The molecule has 1 rings (SSSR count). The number of methoxy groups -OCH3 is 1. The molecule has 0 atom stereocenters. The Bertz CT molecular complexity index is 398. The van der Waals surface area contributed by atoms with E-state index in [2.05, 4.69) is 15.6 Å². The fourth-order valence-corrected chi connectivity index (χ4v) is 1.34. The van der Waals surface area contributed by atoms with Crippen molar-refractivity contribution < 1.29 is 9.66 Å². The van der Waals surface area contributed by atoms with E-state index in [0.29, 0.717) is 24.8 Å². The van der Waals surface area contributed by atoms with Crippen molar-refractivity contribution in [1.82, 2.24) is 4.98 Å². The van der Waals surface area contributed by atoms with Gasteiger partial charge in [-0.1, -0.05) is 6.92 Å². The van der Waals surface area contributed by atoms with Crippen molar-refractivity contribution in [3.05, 3.63) is 22.2 Å². The standard InChI is InChI=1S/C11H18N4O3/c1-3-4-12-10-7-9(15(16)17)8-11(14-10)13-5-6-18-2/h7-8H,3-6H2,1-2H3,(H2,12,13,14). The van der Waals surface area contributed by atoms with Crippen LogP contribution in [0.5, 0.6) is 0 Å². The monoisotopic (exact) mass is 254 g/mol. The summed E-state index contributed by atoms with van der Waals surface area (Å²) in [4.78, 5) is 14.6. The van der Waals surface area contributed by atoms with Gasteiger partial charge in [0.2, 0.25) is 0 Å². The molecule has 0 aliphatic carbocycles. The number of aromatic nitrogens is 1. The van der Waals surface area contributed by atoms with Crippen LogP contribution in [-0.4, -0.2) is 36.7 Å². The SMILES string of the molecule is CCCNc1cc([N+](=O)[O-])cc(NCCOC)n1. The second-order valence-electron chi connectivity index (χ2n) is 3.70. The number of ether oxygens (including phenoxy) is 1. The quantitative estimate of drug-likeness (QED) is 0.418. The summed E-state index contributed by atoms with van der Waals surface area (Å²) in [6.07, 6.45) is 0.927. The lowest BCUT2D eigenvalue weighted by molar-refractivity contribution is -0.384. The predicted molar refractivity (Wildman–Crippen MR) is 70.0 cm³/mol. The predicted octanol–water partition coefficient (Wildman–Crippen LogP) is 1.87. The Morgan fingerprint density at radius 1 is 1.33 bits per heavy atom. The molecule has 0 radical (unpaired) electrons. The Labute approximate surface area is 106 Å². The van der Waals surface area contributed by atoms with Crippen LogP contribution >= 0.6 is 0 Å². The van der Waals surface area contributed by atoms with E-state index in [-0.39, 0.29) is 5.69 Å². The fourth-order valence-electron chi connectivity index (χ4n) is 1.34. The molecule has 0 bridgehead atoms. The number of pyridine rings is 1. The highest BCUT2D eigenvalue weighted by molar-refractivity contribution is 5.54. The Balaban J connectivity index is 2.80. The van der Waals surface area contributed by atoms with E-state index in [1.165, 1.54) is 12.1 Å². The lowest BCUT2D eigenvalue weighted by Crippen LogP contribution is -2.10. The smallest absolute Gasteiger partial charge is 0.276 e. The van der Waals surface area contributed by atoms with E-state index in [1.54, 1.807) is 7.11 Å². The molecule has 0 aromatic carbocycles. The molecule has 0 aliphatic rings. The highest BCUT2D eigenvalue weighted by atomic mass is 16.6. The fraction of sp³-hybridized carbons (Fsp3) is 0.545. The van der Waals surface area contributed by atoms with E-state index in [4.69, 9.17) is 4.74 Å². The van der Waals surface area contributed by atoms with Gasteiger partial charge in [0.25, 0.3) is 5.69 Å². The summed E-state index contributed by atoms with van der Waals surface area (Å²) in [5, 5.41) is 16.8. The topological polar surface area (TPSA) is 89.3 Å². The van der Waals surface area contributed by atoms with Gasteiger partial charge in [-0.3, -0.25) is 10.1 Å². The minimum absolute atomic E-state index is 0.0171. The van der Waals surface area contributed by atoms with Gasteiger partial charge in [0, 0.05) is 20.2 Å². The maximum absolute atomic E-state index is 10.8. The molecule has 18 heavy (non-hydrogen) atoms. The molecule has 100 valence electrons. The molecule has 7 heteroatoms. The summed E-state index contributed by atoms with van der Waals surface area (Å²) < 4.78 is 4.90. The summed E-state index contributed by atoms with van der Waals surface area (Å²) in [7, 11) is 1.59. The number of rotatable bonds is 8. The number of nitrogens with one attached hydrogen (secondary N) is 2. The molecular formula is C11H18N4O3. The van der Waals surface area contributed by atoms with Crippen LogP contribution in [0.2, 0.25) is 0 Å². The van der Waals surface area contributed by atoms with Gasteiger partial charge in [-0.05, 0) is 6.42 Å². The highest BCUT2D eigenvalue weighted by Gasteiger charge is 2.10. The first-order valence-corrected chi connectivity index (χ1v) is 5.80. The maximum Gasteiger partial charge on any atom is 0.276 e. The van der Waals surface area contributed by atoms with Crippen molar-refractivity contribution >= 4 is 17.3 Å². The Morgan fingerprint density at radius 2 is 1.94 bits per heavy atom. The van der Waals surface area contributed by atoms with Crippen LogP contribution in [0.4, 0.5) is 17.3 Å². The average molecular weight is 254 g/mol. The van der Waals surface area contributed by atoms with Crippen LogP contribution in [0.1, 0.15) is 13.3 Å². The van der Waals surface area contributed by atoms with Crippen LogP contribution in [0, 0.1) is 10.1 Å². The van der Waals surface area contributed by atoms with Crippen LogP contribution in [0.3, 0.4) is 0 Å². The summed E-state index contributed by atoms with van der Waals surface area (Å²) in [6, 6.07) is 2.84. The largest absolute Gasteiger partial charge is 0.383 e. The maximum atomic E-state index is 10.8. The van der Waals surface area contributed by atoms with E-state index in [0.717, 1.165) is 13.0 Å². The molecule has 7 nitrogen and oxygen atoms in total. The summed E-state index contributed by atoms with van der Waals surface area (Å²) in [6.45, 7) is 3.81.